The number of aromatic nitrogens is 1. The van der Waals surface area contributed by atoms with Gasteiger partial charge in [0.15, 0.2) is 0 Å². The fourth-order valence-corrected chi connectivity index (χ4v) is 5.53. The maximum atomic E-state index is 11.8. The smallest absolute Gasteiger partial charge is 0.145 e. The van der Waals surface area contributed by atoms with Crippen LogP contribution in [0, 0.1) is 12.8 Å². The Balaban J connectivity index is 1.46. The SMILES string of the molecule is Cc1cc([C@H]2CC[C@H](C3(CC=O)NN=C4CNCc5cc(Cl)ccc5N43)CC2)no1. The fraction of sp³-hybridized carbons (Fsp3) is 0.500. The average molecular weight is 428 g/mol. The number of carbonyl (C=O) groups excluding carboxylic acids is 1. The highest BCUT2D eigenvalue weighted by molar-refractivity contribution is 6.30. The van der Waals surface area contributed by atoms with Crippen LogP contribution in [0.25, 0.3) is 0 Å². The van der Waals surface area contributed by atoms with Gasteiger partial charge in [0, 0.05) is 41.6 Å². The maximum Gasteiger partial charge on any atom is 0.145 e. The number of aryl methyl sites for hydroxylation is 1. The van der Waals surface area contributed by atoms with Crippen molar-refractivity contribution in [3.8, 4) is 0 Å². The third-order valence-electron chi connectivity index (χ3n) is 6.78. The van der Waals surface area contributed by atoms with Crippen LogP contribution in [0.1, 0.15) is 55.0 Å². The van der Waals surface area contributed by atoms with Crippen molar-refractivity contribution in [2.45, 2.75) is 57.2 Å². The lowest BCUT2D eigenvalue weighted by Gasteiger charge is -2.46. The minimum absolute atomic E-state index is 0.287. The quantitative estimate of drug-likeness (QED) is 0.723. The summed E-state index contributed by atoms with van der Waals surface area (Å²) in [7, 11) is 0. The molecule has 1 aromatic heterocycles. The van der Waals surface area contributed by atoms with Crippen LogP contribution >= 0.6 is 11.6 Å². The van der Waals surface area contributed by atoms with E-state index < -0.39 is 5.66 Å². The van der Waals surface area contributed by atoms with E-state index in [0.717, 1.165) is 67.1 Å². The number of carbonyl (C=O) groups is 1. The largest absolute Gasteiger partial charge is 0.361 e. The first-order valence-corrected chi connectivity index (χ1v) is 11.0. The first-order chi connectivity index (χ1) is 14.6. The molecule has 5 rings (SSSR count). The lowest BCUT2D eigenvalue weighted by Crippen LogP contribution is -2.61. The Kier molecular flexibility index (Phi) is 5.03. The highest BCUT2D eigenvalue weighted by atomic mass is 35.5. The van der Waals surface area contributed by atoms with Crippen LogP contribution in [0.3, 0.4) is 0 Å². The van der Waals surface area contributed by atoms with Crippen LogP contribution < -0.4 is 15.6 Å². The molecule has 2 N–H and O–H groups in total. The predicted octanol–water partition coefficient (Wildman–Crippen LogP) is 3.72. The lowest BCUT2D eigenvalue weighted by atomic mass is 9.73. The van der Waals surface area contributed by atoms with Gasteiger partial charge in [0.2, 0.25) is 0 Å². The average Bonchev–Trinajstić information content (AvgIpc) is 3.28. The van der Waals surface area contributed by atoms with Crippen molar-refractivity contribution >= 4 is 29.4 Å². The van der Waals surface area contributed by atoms with E-state index in [1.54, 1.807) is 0 Å². The molecule has 0 saturated heterocycles. The molecule has 1 saturated carbocycles. The van der Waals surface area contributed by atoms with Gasteiger partial charge in [-0.1, -0.05) is 16.8 Å². The minimum atomic E-state index is -0.545. The van der Waals surface area contributed by atoms with Crippen molar-refractivity contribution in [3.05, 3.63) is 46.3 Å². The third kappa shape index (κ3) is 3.20. The molecule has 1 atom stereocenters. The van der Waals surface area contributed by atoms with E-state index in [2.05, 4.69) is 32.0 Å². The molecule has 7 nitrogen and oxygen atoms in total. The van der Waals surface area contributed by atoms with Crippen LogP contribution in [0.5, 0.6) is 0 Å². The van der Waals surface area contributed by atoms with Gasteiger partial charge in [-0.3, -0.25) is 5.43 Å². The number of nitrogens with zero attached hydrogens (tertiary/aromatic N) is 3. The number of anilines is 1. The number of benzene rings is 1. The molecule has 8 heteroatoms. The lowest BCUT2D eigenvalue weighted by molar-refractivity contribution is -0.109. The number of aldehydes is 1. The van der Waals surface area contributed by atoms with Gasteiger partial charge in [-0.25, -0.2) is 0 Å². The van der Waals surface area contributed by atoms with Crippen molar-refractivity contribution in [2.24, 2.45) is 11.0 Å². The van der Waals surface area contributed by atoms with Crippen molar-refractivity contribution in [1.82, 2.24) is 15.9 Å². The van der Waals surface area contributed by atoms with E-state index in [1.807, 2.05) is 25.1 Å². The fourth-order valence-electron chi connectivity index (χ4n) is 5.34. The summed E-state index contributed by atoms with van der Waals surface area (Å²) in [5.74, 6) is 2.47. The van der Waals surface area contributed by atoms with Gasteiger partial charge in [-0.15, -0.1) is 0 Å². The Hall–Kier alpha value is -2.38. The molecule has 1 fully saturated rings. The number of fused-ring (bicyclic) bond motifs is 3. The van der Waals surface area contributed by atoms with Gasteiger partial charge in [0.25, 0.3) is 0 Å². The molecule has 0 spiro atoms. The standard InChI is InChI=1S/C22H26ClN5O2/c1-14-10-19(26-30-14)15-2-4-17(5-3-15)22(8-9-29)27-25-21-13-24-12-16-11-18(23)6-7-20(16)28(21)22/h6-7,9-11,15,17,24,27H,2-5,8,12-13H2,1H3/t15-,17-,22?. The zero-order chi connectivity index (χ0) is 20.7. The Morgan fingerprint density at radius 2 is 2.10 bits per heavy atom. The van der Waals surface area contributed by atoms with Crippen molar-refractivity contribution in [2.75, 3.05) is 11.4 Å². The third-order valence-corrected chi connectivity index (χ3v) is 7.01. The number of rotatable bonds is 4. The predicted molar refractivity (Wildman–Crippen MR) is 116 cm³/mol. The normalized spacial score (nSPS) is 28.2. The number of halogens is 1. The van der Waals surface area contributed by atoms with E-state index in [4.69, 9.17) is 16.1 Å². The topological polar surface area (TPSA) is 82.8 Å². The Bertz CT molecular complexity index is 982. The highest BCUT2D eigenvalue weighted by Crippen LogP contribution is 2.46. The van der Waals surface area contributed by atoms with Gasteiger partial charge in [0.05, 0.1) is 12.2 Å². The zero-order valence-electron chi connectivity index (χ0n) is 17.0. The number of hydrogen-bond donors (Lipinski definition) is 2. The molecule has 158 valence electrons. The first kappa shape index (κ1) is 19.6. The monoisotopic (exact) mass is 427 g/mol. The Morgan fingerprint density at radius 1 is 1.27 bits per heavy atom. The molecular formula is C22H26ClN5O2. The summed E-state index contributed by atoms with van der Waals surface area (Å²) in [5, 5.41) is 13.1. The maximum absolute atomic E-state index is 11.8. The molecule has 1 unspecified atom stereocenters. The van der Waals surface area contributed by atoms with Gasteiger partial charge in [-0.2, -0.15) is 5.10 Å². The molecule has 3 aliphatic rings. The van der Waals surface area contributed by atoms with E-state index >= 15 is 0 Å². The number of hydrazone groups is 1. The van der Waals surface area contributed by atoms with Gasteiger partial charge in [0.1, 0.15) is 23.5 Å². The van der Waals surface area contributed by atoms with Gasteiger partial charge < -0.3 is 19.5 Å². The molecule has 30 heavy (non-hydrogen) atoms. The second-order valence-electron chi connectivity index (χ2n) is 8.56. The second-order valence-corrected chi connectivity index (χ2v) is 8.99. The van der Waals surface area contributed by atoms with E-state index in [0.29, 0.717) is 23.9 Å². The summed E-state index contributed by atoms with van der Waals surface area (Å²) in [6.45, 7) is 3.30. The molecular weight excluding hydrogens is 402 g/mol. The number of amidine groups is 1. The highest BCUT2D eigenvalue weighted by Gasteiger charge is 2.51. The van der Waals surface area contributed by atoms with Crippen molar-refractivity contribution < 1.29 is 9.32 Å². The van der Waals surface area contributed by atoms with E-state index in [1.165, 1.54) is 0 Å². The molecule has 2 aromatic rings. The summed E-state index contributed by atoms with van der Waals surface area (Å²) < 4.78 is 5.28. The second kappa shape index (κ2) is 7.71. The van der Waals surface area contributed by atoms with Crippen LogP contribution in [0.15, 0.2) is 33.9 Å². The minimum Gasteiger partial charge on any atom is -0.361 e. The molecule has 0 amide bonds. The molecule has 0 radical (unpaired) electrons. The zero-order valence-corrected chi connectivity index (χ0v) is 17.8. The summed E-state index contributed by atoms with van der Waals surface area (Å²) in [6, 6.07) is 8.01. The summed E-state index contributed by atoms with van der Waals surface area (Å²) in [6.07, 6.45) is 5.43. The number of nitrogens with one attached hydrogen (secondary N) is 2. The number of hydrogen-bond acceptors (Lipinski definition) is 7. The Labute approximate surface area is 180 Å². The molecule has 1 aliphatic carbocycles. The Morgan fingerprint density at radius 3 is 2.83 bits per heavy atom. The van der Waals surface area contributed by atoms with Crippen molar-refractivity contribution in [3.63, 3.8) is 0 Å². The molecule has 2 aliphatic heterocycles. The molecule has 1 aromatic carbocycles. The molecule has 3 heterocycles. The van der Waals surface area contributed by atoms with E-state index in [9.17, 15) is 4.79 Å². The van der Waals surface area contributed by atoms with Gasteiger partial charge >= 0.3 is 0 Å². The summed E-state index contributed by atoms with van der Waals surface area (Å²) in [4.78, 5) is 14.1. The van der Waals surface area contributed by atoms with Crippen molar-refractivity contribution in [1.29, 1.82) is 0 Å². The van der Waals surface area contributed by atoms with Crippen LogP contribution in [-0.2, 0) is 11.3 Å². The van der Waals surface area contributed by atoms with Crippen LogP contribution in [-0.4, -0.2) is 29.5 Å². The summed E-state index contributed by atoms with van der Waals surface area (Å²) >= 11 is 6.27. The van der Waals surface area contributed by atoms with Crippen LogP contribution in [0.4, 0.5) is 5.69 Å². The van der Waals surface area contributed by atoms with E-state index in [-0.39, 0.29) is 5.92 Å². The molecule has 0 bridgehead atoms. The van der Waals surface area contributed by atoms with Gasteiger partial charge in [-0.05, 0) is 56.4 Å². The first-order valence-electron chi connectivity index (χ1n) is 10.6. The van der Waals surface area contributed by atoms with Crippen LogP contribution in [0.2, 0.25) is 5.02 Å². The summed E-state index contributed by atoms with van der Waals surface area (Å²) in [5.41, 5.74) is 6.10.